The first-order valence-corrected chi connectivity index (χ1v) is 7.21. The Labute approximate surface area is 113 Å². The average molecular weight is 254 g/mol. The zero-order valence-corrected chi connectivity index (χ0v) is 12.2. The highest BCUT2D eigenvalue weighted by molar-refractivity contribution is 7.99. The average Bonchev–Trinajstić information content (AvgIpc) is 2.32. The van der Waals surface area contributed by atoms with Crippen molar-refractivity contribution in [1.29, 1.82) is 0 Å². The Balaban J connectivity index is 2.33. The monoisotopic (exact) mass is 254 g/mol. The molecule has 18 heavy (non-hydrogen) atoms. The molecule has 0 aliphatic carbocycles. The highest BCUT2D eigenvalue weighted by Crippen LogP contribution is 2.50. The van der Waals surface area contributed by atoms with Gasteiger partial charge in [0.1, 0.15) is 0 Å². The molecule has 2 aromatic carbocycles. The Morgan fingerprint density at radius 3 is 1.67 bits per heavy atom. The van der Waals surface area contributed by atoms with E-state index in [-0.39, 0.29) is 5.41 Å². The quantitative estimate of drug-likeness (QED) is 0.630. The normalized spacial score (nSPS) is 16.0. The predicted octanol–water partition coefficient (Wildman–Crippen LogP) is 5.09. The van der Waals surface area contributed by atoms with Gasteiger partial charge >= 0.3 is 0 Å². The summed E-state index contributed by atoms with van der Waals surface area (Å²) in [5, 5.41) is 0. The molecule has 1 heterocycles. The fourth-order valence-electron chi connectivity index (χ4n) is 2.81. The van der Waals surface area contributed by atoms with Crippen LogP contribution in [0.3, 0.4) is 0 Å². The van der Waals surface area contributed by atoms with Crippen LogP contribution < -0.4 is 0 Å². The van der Waals surface area contributed by atoms with Gasteiger partial charge in [0.15, 0.2) is 0 Å². The summed E-state index contributed by atoms with van der Waals surface area (Å²) in [4.78, 5) is 2.90. The third-order valence-corrected chi connectivity index (χ3v) is 5.47. The van der Waals surface area contributed by atoms with Gasteiger partial charge < -0.3 is 0 Å². The highest BCUT2D eigenvalue weighted by atomic mass is 32.2. The van der Waals surface area contributed by atoms with Crippen LogP contribution in [0.5, 0.6) is 0 Å². The Kier molecular flexibility index (Phi) is 2.56. The van der Waals surface area contributed by atoms with E-state index >= 15 is 0 Å². The predicted molar refractivity (Wildman–Crippen MR) is 78.6 cm³/mol. The van der Waals surface area contributed by atoms with E-state index in [1.54, 1.807) is 0 Å². The molecule has 0 unspecified atom stereocenters. The molecule has 1 aliphatic heterocycles. The van der Waals surface area contributed by atoms with Crippen molar-refractivity contribution < 1.29 is 0 Å². The minimum atomic E-state index is 0.105. The summed E-state index contributed by atoms with van der Waals surface area (Å²) >= 11 is 1.94. The van der Waals surface area contributed by atoms with Gasteiger partial charge in [0, 0.05) is 15.2 Å². The maximum Gasteiger partial charge on any atom is 0.0192 e. The van der Waals surface area contributed by atoms with Crippen LogP contribution in [0.4, 0.5) is 0 Å². The van der Waals surface area contributed by atoms with Crippen molar-refractivity contribution in [1.82, 2.24) is 0 Å². The minimum absolute atomic E-state index is 0.105. The van der Waals surface area contributed by atoms with Crippen LogP contribution in [0, 0.1) is 13.8 Å². The third kappa shape index (κ3) is 1.54. The fraction of sp³-hybridized carbons (Fsp3) is 0.294. The minimum Gasteiger partial charge on any atom is -0.0889 e. The number of fused-ring (bicyclic) bond motifs is 2. The van der Waals surface area contributed by atoms with Gasteiger partial charge in [-0.3, -0.25) is 0 Å². The van der Waals surface area contributed by atoms with Gasteiger partial charge in [-0.05, 0) is 36.1 Å². The molecule has 0 radical (unpaired) electrons. The smallest absolute Gasteiger partial charge is 0.0192 e. The summed E-state index contributed by atoms with van der Waals surface area (Å²) in [6.45, 7) is 9.10. The molecule has 0 atom stereocenters. The van der Waals surface area contributed by atoms with Crippen molar-refractivity contribution in [2.45, 2.75) is 42.9 Å². The summed E-state index contributed by atoms with van der Waals surface area (Å²) in [5.74, 6) is 0. The van der Waals surface area contributed by atoms with Gasteiger partial charge in [-0.15, -0.1) is 0 Å². The Morgan fingerprint density at radius 1 is 0.778 bits per heavy atom. The van der Waals surface area contributed by atoms with E-state index in [4.69, 9.17) is 0 Å². The van der Waals surface area contributed by atoms with Crippen LogP contribution in [0.25, 0.3) is 0 Å². The Hall–Kier alpha value is -1.21. The second-order valence-corrected chi connectivity index (χ2v) is 6.65. The van der Waals surface area contributed by atoms with Crippen LogP contribution in [0.15, 0.2) is 46.2 Å². The van der Waals surface area contributed by atoms with Crippen LogP contribution in [0.2, 0.25) is 0 Å². The molecule has 3 rings (SSSR count). The lowest BCUT2D eigenvalue weighted by atomic mass is 9.77. The number of hydrogen-bond acceptors (Lipinski definition) is 1. The highest BCUT2D eigenvalue weighted by Gasteiger charge is 2.33. The van der Waals surface area contributed by atoms with E-state index in [2.05, 4.69) is 64.1 Å². The molecule has 0 fully saturated rings. The van der Waals surface area contributed by atoms with Crippen molar-refractivity contribution >= 4 is 11.8 Å². The molecule has 92 valence electrons. The summed E-state index contributed by atoms with van der Waals surface area (Å²) in [6, 6.07) is 13.3. The van der Waals surface area contributed by atoms with E-state index in [0.717, 1.165) is 0 Å². The van der Waals surface area contributed by atoms with Gasteiger partial charge in [-0.25, -0.2) is 0 Å². The molecule has 0 nitrogen and oxygen atoms in total. The number of aryl methyl sites for hydroxylation is 2. The topological polar surface area (TPSA) is 0 Å². The van der Waals surface area contributed by atoms with Crippen molar-refractivity contribution in [3.8, 4) is 0 Å². The standard InChI is InChI=1S/C17H18S/c1-11-7-5-9-13-15(11)18-16-12(2)8-6-10-14(16)17(13,3)4/h5-10H,1-4H3. The molecule has 0 N–H and O–H groups in total. The largest absolute Gasteiger partial charge is 0.0889 e. The molecule has 0 bridgehead atoms. The summed E-state index contributed by atoms with van der Waals surface area (Å²) in [5.41, 5.74) is 5.81. The van der Waals surface area contributed by atoms with Crippen molar-refractivity contribution in [3.63, 3.8) is 0 Å². The molecule has 0 saturated carbocycles. The van der Waals surface area contributed by atoms with Crippen LogP contribution in [-0.2, 0) is 5.41 Å². The summed E-state index contributed by atoms with van der Waals surface area (Å²) in [6.07, 6.45) is 0. The first-order chi connectivity index (χ1) is 8.51. The molecule has 0 saturated heterocycles. The molecule has 2 aromatic rings. The maximum absolute atomic E-state index is 2.34. The van der Waals surface area contributed by atoms with E-state index in [1.807, 2.05) is 11.8 Å². The van der Waals surface area contributed by atoms with Gasteiger partial charge in [-0.2, -0.15) is 0 Å². The molecule has 1 aliphatic rings. The lowest BCUT2D eigenvalue weighted by Gasteiger charge is -2.36. The lowest BCUT2D eigenvalue weighted by Crippen LogP contribution is -2.24. The van der Waals surface area contributed by atoms with Gasteiger partial charge in [0.05, 0.1) is 0 Å². The molecular formula is C17H18S. The first-order valence-electron chi connectivity index (χ1n) is 6.40. The van der Waals surface area contributed by atoms with E-state index in [9.17, 15) is 0 Å². The van der Waals surface area contributed by atoms with Crippen molar-refractivity contribution in [2.75, 3.05) is 0 Å². The Morgan fingerprint density at radius 2 is 1.22 bits per heavy atom. The van der Waals surface area contributed by atoms with E-state index in [0.29, 0.717) is 0 Å². The van der Waals surface area contributed by atoms with Gasteiger partial charge in [-0.1, -0.05) is 62.0 Å². The Bertz CT molecular complexity index is 570. The second kappa shape index (κ2) is 3.89. The van der Waals surface area contributed by atoms with Gasteiger partial charge in [0.2, 0.25) is 0 Å². The third-order valence-electron chi connectivity index (χ3n) is 3.97. The number of rotatable bonds is 0. The lowest BCUT2D eigenvalue weighted by molar-refractivity contribution is 0.604. The van der Waals surface area contributed by atoms with Gasteiger partial charge in [0.25, 0.3) is 0 Å². The van der Waals surface area contributed by atoms with E-state index < -0.39 is 0 Å². The fourth-order valence-corrected chi connectivity index (χ4v) is 4.34. The van der Waals surface area contributed by atoms with Crippen molar-refractivity contribution in [3.05, 3.63) is 58.7 Å². The molecule has 0 spiro atoms. The van der Waals surface area contributed by atoms with Crippen molar-refractivity contribution in [2.24, 2.45) is 0 Å². The molecule has 0 amide bonds. The zero-order chi connectivity index (χ0) is 12.9. The van der Waals surface area contributed by atoms with Crippen LogP contribution in [0.1, 0.15) is 36.1 Å². The molecule has 0 aromatic heterocycles. The molecular weight excluding hydrogens is 236 g/mol. The number of hydrogen-bond donors (Lipinski definition) is 0. The van der Waals surface area contributed by atoms with E-state index in [1.165, 1.54) is 32.0 Å². The van der Waals surface area contributed by atoms with Crippen LogP contribution >= 0.6 is 11.8 Å². The first kappa shape index (κ1) is 11.9. The summed E-state index contributed by atoms with van der Waals surface area (Å²) < 4.78 is 0. The zero-order valence-electron chi connectivity index (χ0n) is 11.4. The number of benzene rings is 2. The molecule has 1 heteroatoms. The maximum atomic E-state index is 2.34. The summed E-state index contributed by atoms with van der Waals surface area (Å²) in [7, 11) is 0. The SMILES string of the molecule is Cc1cccc2c1Sc1c(C)cccc1C2(C)C. The van der Waals surface area contributed by atoms with Crippen LogP contribution in [-0.4, -0.2) is 0 Å². The second-order valence-electron chi connectivity index (χ2n) is 5.63.